The third-order valence-electron chi connectivity index (χ3n) is 2.91. The van der Waals surface area contributed by atoms with Crippen molar-refractivity contribution in [1.82, 2.24) is 4.98 Å². The van der Waals surface area contributed by atoms with Gasteiger partial charge in [0.1, 0.15) is 0 Å². The standard InChI is InChI=1S/C13H23N3O/c1-4-12(14)13-6-5-11(9-15-13)16(3)8-7-10(2)17/h5-6,9-10,12,17H,4,7-8,14H2,1-3H3. The van der Waals surface area contributed by atoms with Gasteiger partial charge >= 0.3 is 0 Å². The number of hydrogen-bond acceptors (Lipinski definition) is 4. The van der Waals surface area contributed by atoms with Crippen LogP contribution in [0.3, 0.4) is 0 Å². The van der Waals surface area contributed by atoms with Gasteiger partial charge in [0.05, 0.1) is 23.7 Å². The Balaban J connectivity index is 2.60. The number of nitrogens with two attached hydrogens (primary N) is 1. The molecule has 3 N–H and O–H groups in total. The molecule has 0 radical (unpaired) electrons. The Kier molecular flexibility index (Phi) is 5.38. The molecule has 2 atom stereocenters. The van der Waals surface area contributed by atoms with E-state index in [4.69, 9.17) is 5.73 Å². The first kappa shape index (κ1) is 13.9. The molecule has 96 valence electrons. The van der Waals surface area contributed by atoms with Crippen molar-refractivity contribution in [2.45, 2.75) is 38.8 Å². The minimum atomic E-state index is -0.266. The van der Waals surface area contributed by atoms with E-state index in [0.29, 0.717) is 0 Å². The van der Waals surface area contributed by atoms with Crippen molar-refractivity contribution < 1.29 is 5.11 Å². The lowest BCUT2D eigenvalue weighted by Crippen LogP contribution is -2.22. The minimum Gasteiger partial charge on any atom is -0.393 e. The molecule has 4 heteroatoms. The topological polar surface area (TPSA) is 62.4 Å². The summed E-state index contributed by atoms with van der Waals surface area (Å²) in [5.41, 5.74) is 7.89. The van der Waals surface area contributed by atoms with Gasteiger partial charge in [-0.1, -0.05) is 6.92 Å². The number of nitrogens with zero attached hydrogens (tertiary/aromatic N) is 2. The Morgan fingerprint density at radius 3 is 2.65 bits per heavy atom. The molecule has 0 amide bonds. The third kappa shape index (κ3) is 4.32. The summed E-state index contributed by atoms with van der Waals surface area (Å²) in [7, 11) is 2.00. The molecule has 0 saturated carbocycles. The third-order valence-corrected chi connectivity index (χ3v) is 2.91. The van der Waals surface area contributed by atoms with Crippen LogP contribution in [0.15, 0.2) is 18.3 Å². The monoisotopic (exact) mass is 237 g/mol. The van der Waals surface area contributed by atoms with Gasteiger partial charge in [-0.3, -0.25) is 4.98 Å². The molecule has 0 aromatic carbocycles. The van der Waals surface area contributed by atoms with Gasteiger partial charge in [0.15, 0.2) is 0 Å². The van der Waals surface area contributed by atoms with Crippen LogP contribution in [0, 0.1) is 0 Å². The summed E-state index contributed by atoms with van der Waals surface area (Å²) in [6, 6.07) is 4.02. The number of aliphatic hydroxyl groups is 1. The van der Waals surface area contributed by atoms with E-state index in [9.17, 15) is 5.11 Å². The van der Waals surface area contributed by atoms with Crippen molar-refractivity contribution in [3.63, 3.8) is 0 Å². The molecule has 1 heterocycles. The van der Waals surface area contributed by atoms with Gasteiger partial charge in [-0.05, 0) is 31.9 Å². The van der Waals surface area contributed by atoms with E-state index in [1.54, 1.807) is 6.92 Å². The van der Waals surface area contributed by atoms with Gasteiger partial charge in [0.25, 0.3) is 0 Å². The zero-order valence-electron chi connectivity index (χ0n) is 10.9. The van der Waals surface area contributed by atoms with Crippen LogP contribution < -0.4 is 10.6 Å². The van der Waals surface area contributed by atoms with Crippen LogP contribution in [0.5, 0.6) is 0 Å². The Bertz CT molecular complexity index is 324. The number of pyridine rings is 1. The quantitative estimate of drug-likeness (QED) is 0.790. The molecule has 0 fully saturated rings. The van der Waals surface area contributed by atoms with E-state index >= 15 is 0 Å². The van der Waals surface area contributed by atoms with Crippen molar-refractivity contribution in [1.29, 1.82) is 0 Å². The van der Waals surface area contributed by atoms with Crippen molar-refractivity contribution in [2.75, 3.05) is 18.5 Å². The molecule has 1 rings (SSSR count). The summed E-state index contributed by atoms with van der Waals surface area (Å²) >= 11 is 0. The molecule has 1 aromatic heterocycles. The summed E-state index contributed by atoms with van der Waals surface area (Å²) in [5.74, 6) is 0. The molecule has 0 aliphatic carbocycles. The van der Waals surface area contributed by atoms with Gasteiger partial charge < -0.3 is 15.7 Å². The second kappa shape index (κ2) is 6.57. The SMILES string of the molecule is CCC(N)c1ccc(N(C)CCC(C)O)cn1. The molecule has 2 unspecified atom stereocenters. The highest BCUT2D eigenvalue weighted by Gasteiger charge is 2.07. The fourth-order valence-electron chi connectivity index (χ4n) is 1.56. The van der Waals surface area contributed by atoms with Crippen LogP contribution in [0.2, 0.25) is 0 Å². The molecule has 0 aliphatic heterocycles. The van der Waals surface area contributed by atoms with Crippen LogP contribution in [0.4, 0.5) is 5.69 Å². The van der Waals surface area contributed by atoms with Crippen molar-refractivity contribution in [3.8, 4) is 0 Å². The Hall–Kier alpha value is -1.13. The largest absolute Gasteiger partial charge is 0.393 e. The van der Waals surface area contributed by atoms with E-state index in [-0.39, 0.29) is 12.1 Å². The smallest absolute Gasteiger partial charge is 0.0572 e. The minimum absolute atomic E-state index is 0.0202. The molecular weight excluding hydrogens is 214 g/mol. The maximum Gasteiger partial charge on any atom is 0.0572 e. The Morgan fingerprint density at radius 2 is 2.18 bits per heavy atom. The number of hydrogen-bond donors (Lipinski definition) is 2. The number of anilines is 1. The fraction of sp³-hybridized carbons (Fsp3) is 0.615. The van der Waals surface area contributed by atoms with E-state index in [1.807, 2.05) is 25.4 Å². The van der Waals surface area contributed by atoms with Crippen LogP contribution in [0.25, 0.3) is 0 Å². The molecule has 0 saturated heterocycles. The van der Waals surface area contributed by atoms with Crippen LogP contribution >= 0.6 is 0 Å². The van der Waals surface area contributed by atoms with E-state index in [0.717, 1.165) is 30.8 Å². The summed E-state index contributed by atoms with van der Waals surface area (Å²) in [4.78, 5) is 6.45. The van der Waals surface area contributed by atoms with Gasteiger partial charge in [0, 0.05) is 19.6 Å². The second-order valence-corrected chi connectivity index (χ2v) is 4.52. The van der Waals surface area contributed by atoms with Crippen molar-refractivity contribution in [2.24, 2.45) is 5.73 Å². The second-order valence-electron chi connectivity index (χ2n) is 4.52. The van der Waals surface area contributed by atoms with Crippen LogP contribution in [0.1, 0.15) is 38.4 Å². The molecule has 4 nitrogen and oxygen atoms in total. The highest BCUT2D eigenvalue weighted by molar-refractivity contribution is 5.43. The summed E-state index contributed by atoms with van der Waals surface area (Å²) in [6.07, 6.45) is 3.22. The lowest BCUT2D eigenvalue weighted by atomic mass is 10.1. The first-order valence-electron chi connectivity index (χ1n) is 6.15. The zero-order chi connectivity index (χ0) is 12.8. The zero-order valence-corrected chi connectivity index (χ0v) is 10.9. The van der Waals surface area contributed by atoms with Crippen LogP contribution in [-0.4, -0.2) is 29.8 Å². The average Bonchev–Trinajstić information content (AvgIpc) is 2.35. The lowest BCUT2D eigenvalue weighted by Gasteiger charge is -2.20. The molecular formula is C13H23N3O. The summed E-state index contributed by atoms with van der Waals surface area (Å²) in [5, 5.41) is 9.24. The maximum atomic E-state index is 9.24. The van der Waals surface area contributed by atoms with E-state index in [2.05, 4.69) is 16.8 Å². The predicted molar refractivity (Wildman–Crippen MR) is 71.0 cm³/mol. The summed E-state index contributed by atoms with van der Waals surface area (Å²) < 4.78 is 0. The van der Waals surface area contributed by atoms with Gasteiger partial charge in [-0.15, -0.1) is 0 Å². The predicted octanol–water partition coefficient (Wildman–Crippen LogP) is 1.70. The normalized spacial score (nSPS) is 14.4. The van der Waals surface area contributed by atoms with Crippen molar-refractivity contribution >= 4 is 5.69 Å². The molecule has 0 aliphatic rings. The lowest BCUT2D eigenvalue weighted by molar-refractivity contribution is 0.187. The van der Waals surface area contributed by atoms with Crippen molar-refractivity contribution in [3.05, 3.63) is 24.0 Å². The fourth-order valence-corrected chi connectivity index (χ4v) is 1.56. The van der Waals surface area contributed by atoms with Crippen LogP contribution in [-0.2, 0) is 0 Å². The first-order valence-corrected chi connectivity index (χ1v) is 6.15. The Labute approximate surface area is 103 Å². The van der Waals surface area contributed by atoms with E-state index in [1.165, 1.54) is 0 Å². The number of rotatable bonds is 6. The average molecular weight is 237 g/mol. The highest BCUT2D eigenvalue weighted by Crippen LogP contribution is 2.16. The van der Waals surface area contributed by atoms with Gasteiger partial charge in [-0.25, -0.2) is 0 Å². The Morgan fingerprint density at radius 1 is 1.47 bits per heavy atom. The highest BCUT2D eigenvalue weighted by atomic mass is 16.3. The number of aromatic nitrogens is 1. The van der Waals surface area contributed by atoms with Gasteiger partial charge in [0.2, 0.25) is 0 Å². The molecule has 0 bridgehead atoms. The molecule has 1 aromatic rings. The number of aliphatic hydroxyl groups excluding tert-OH is 1. The van der Waals surface area contributed by atoms with E-state index < -0.39 is 0 Å². The summed E-state index contributed by atoms with van der Waals surface area (Å²) in [6.45, 7) is 4.67. The first-order chi connectivity index (χ1) is 8.04. The molecule has 17 heavy (non-hydrogen) atoms. The molecule has 0 spiro atoms. The maximum absolute atomic E-state index is 9.24. The van der Waals surface area contributed by atoms with Gasteiger partial charge in [-0.2, -0.15) is 0 Å².